The summed E-state index contributed by atoms with van der Waals surface area (Å²) in [5.41, 5.74) is 0. The Hall–Kier alpha value is -0.280. The standard InChI is InChI=1S/C10H18O2S/c1-4-5-8-13(12)10(3)7-6-9(2)11/h6-7,10H,4-5,8H2,1-3H3. The fraction of sp³-hybridized carbons (Fsp3) is 0.700. The molecule has 0 heterocycles. The molecule has 0 aromatic heterocycles. The molecule has 0 fully saturated rings. The fourth-order valence-corrected chi connectivity index (χ4v) is 2.03. The molecule has 0 amide bonds. The molecule has 0 rings (SSSR count). The molecule has 0 aliphatic rings. The molecule has 2 nitrogen and oxygen atoms in total. The van der Waals surface area contributed by atoms with Gasteiger partial charge in [-0.15, -0.1) is 0 Å². The van der Waals surface area contributed by atoms with Crippen LogP contribution in [0.15, 0.2) is 12.2 Å². The second-order valence-electron chi connectivity index (χ2n) is 3.11. The Balaban J connectivity index is 3.81. The first-order valence-electron chi connectivity index (χ1n) is 4.63. The van der Waals surface area contributed by atoms with Gasteiger partial charge >= 0.3 is 0 Å². The monoisotopic (exact) mass is 202 g/mol. The summed E-state index contributed by atoms with van der Waals surface area (Å²) in [6.45, 7) is 5.46. The lowest BCUT2D eigenvalue weighted by Gasteiger charge is -2.14. The van der Waals surface area contributed by atoms with Gasteiger partial charge in [0.1, 0.15) is 11.0 Å². The third-order valence-electron chi connectivity index (χ3n) is 1.72. The lowest BCUT2D eigenvalue weighted by atomic mass is 10.3. The number of allylic oxidation sites excluding steroid dienone is 1. The van der Waals surface area contributed by atoms with E-state index in [-0.39, 0.29) is 11.0 Å². The highest BCUT2D eigenvalue weighted by Crippen LogP contribution is 2.06. The lowest BCUT2D eigenvalue weighted by molar-refractivity contribution is -0.112. The summed E-state index contributed by atoms with van der Waals surface area (Å²) in [6.07, 6.45) is 5.28. The molecule has 0 aromatic rings. The Morgan fingerprint density at radius 1 is 1.62 bits per heavy atom. The van der Waals surface area contributed by atoms with E-state index < -0.39 is 11.2 Å². The highest BCUT2D eigenvalue weighted by molar-refractivity contribution is 7.92. The summed E-state index contributed by atoms with van der Waals surface area (Å²) in [7, 11) is 0. The minimum atomic E-state index is -0.820. The van der Waals surface area contributed by atoms with Gasteiger partial charge in [-0.3, -0.25) is 4.79 Å². The van der Waals surface area contributed by atoms with Gasteiger partial charge in [0.05, 0.1) is 0 Å². The van der Waals surface area contributed by atoms with Gasteiger partial charge in [0.15, 0.2) is 5.78 Å². The van der Waals surface area contributed by atoms with Gasteiger partial charge < -0.3 is 4.55 Å². The van der Waals surface area contributed by atoms with Gasteiger partial charge in [-0.25, -0.2) is 0 Å². The number of hydrogen-bond donors (Lipinski definition) is 0. The summed E-state index contributed by atoms with van der Waals surface area (Å²) >= 11 is -0.820. The molecule has 0 aromatic carbocycles. The van der Waals surface area contributed by atoms with Crippen LogP contribution in [0, 0.1) is 0 Å². The van der Waals surface area contributed by atoms with Crippen molar-refractivity contribution in [2.75, 3.05) is 5.75 Å². The van der Waals surface area contributed by atoms with Crippen molar-refractivity contribution < 1.29 is 9.35 Å². The molecule has 0 radical (unpaired) electrons. The Morgan fingerprint density at radius 2 is 2.23 bits per heavy atom. The molecule has 0 bridgehead atoms. The van der Waals surface area contributed by atoms with Crippen molar-refractivity contribution in [3.05, 3.63) is 12.2 Å². The topological polar surface area (TPSA) is 40.1 Å². The van der Waals surface area contributed by atoms with Crippen molar-refractivity contribution in [2.24, 2.45) is 0 Å². The van der Waals surface area contributed by atoms with E-state index in [1.165, 1.54) is 13.0 Å². The van der Waals surface area contributed by atoms with Crippen LogP contribution in [-0.4, -0.2) is 21.3 Å². The van der Waals surface area contributed by atoms with Crippen LogP contribution < -0.4 is 0 Å². The van der Waals surface area contributed by atoms with Gasteiger partial charge in [0, 0.05) is 0 Å². The molecule has 0 spiro atoms. The Morgan fingerprint density at radius 3 is 2.69 bits per heavy atom. The van der Waals surface area contributed by atoms with E-state index in [1.54, 1.807) is 6.08 Å². The second kappa shape index (κ2) is 7.15. The number of carbonyl (C=O) groups excluding carboxylic acids is 1. The normalized spacial score (nSPS) is 16.0. The summed E-state index contributed by atoms with van der Waals surface area (Å²) < 4.78 is 11.5. The third kappa shape index (κ3) is 6.84. The van der Waals surface area contributed by atoms with Crippen molar-refractivity contribution in [3.8, 4) is 0 Å². The van der Waals surface area contributed by atoms with E-state index in [2.05, 4.69) is 6.92 Å². The number of rotatable bonds is 6. The second-order valence-corrected chi connectivity index (χ2v) is 5.03. The SMILES string of the molecule is CCCC[S+]([O-])C(C)C=CC(C)=O. The van der Waals surface area contributed by atoms with Gasteiger partial charge in [-0.1, -0.05) is 13.3 Å². The van der Waals surface area contributed by atoms with Crippen molar-refractivity contribution in [3.63, 3.8) is 0 Å². The van der Waals surface area contributed by atoms with E-state index in [1.807, 2.05) is 6.92 Å². The molecule has 2 atom stereocenters. The molecule has 2 unspecified atom stereocenters. The largest absolute Gasteiger partial charge is 0.616 e. The van der Waals surface area contributed by atoms with Crippen LogP contribution in [0.3, 0.4) is 0 Å². The lowest BCUT2D eigenvalue weighted by Crippen LogP contribution is -2.19. The third-order valence-corrected chi connectivity index (χ3v) is 3.39. The predicted octanol–water partition coefficient (Wildman–Crippen LogP) is 2.07. The van der Waals surface area contributed by atoms with Crippen LogP contribution in [0.2, 0.25) is 0 Å². The maximum Gasteiger partial charge on any atom is 0.152 e. The Bertz CT molecular complexity index is 178. The van der Waals surface area contributed by atoms with Crippen LogP contribution in [0.4, 0.5) is 0 Å². The molecule has 0 aliphatic heterocycles. The van der Waals surface area contributed by atoms with Crippen molar-refractivity contribution in [2.45, 2.75) is 38.9 Å². The zero-order valence-corrected chi connectivity index (χ0v) is 9.39. The minimum absolute atomic E-state index is 0.00421. The summed E-state index contributed by atoms with van der Waals surface area (Å²) in [6, 6.07) is 0. The summed E-state index contributed by atoms with van der Waals surface area (Å²) in [4.78, 5) is 10.6. The van der Waals surface area contributed by atoms with Crippen LogP contribution in [0.25, 0.3) is 0 Å². The van der Waals surface area contributed by atoms with E-state index >= 15 is 0 Å². The highest BCUT2D eigenvalue weighted by Gasteiger charge is 2.12. The first-order chi connectivity index (χ1) is 6.07. The maximum atomic E-state index is 11.5. The smallest absolute Gasteiger partial charge is 0.152 e. The number of hydrogen-bond acceptors (Lipinski definition) is 2. The van der Waals surface area contributed by atoms with E-state index in [4.69, 9.17) is 0 Å². The Kier molecular flexibility index (Phi) is 7.00. The molecule has 76 valence electrons. The first kappa shape index (κ1) is 12.7. The summed E-state index contributed by atoms with van der Waals surface area (Å²) in [5.74, 6) is 0.749. The van der Waals surface area contributed by atoms with Crippen LogP contribution in [0.1, 0.15) is 33.6 Å². The first-order valence-corrected chi connectivity index (χ1v) is 6.02. The van der Waals surface area contributed by atoms with Crippen LogP contribution in [-0.2, 0) is 16.0 Å². The molecular weight excluding hydrogens is 184 g/mol. The average molecular weight is 202 g/mol. The van der Waals surface area contributed by atoms with Gasteiger partial charge in [-0.05, 0) is 43.6 Å². The number of carbonyl (C=O) groups is 1. The van der Waals surface area contributed by atoms with Crippen LogP contribution in [0.5, 0.6) is 0 Å². The molecular formula is C10H18O2S. The van der Waals surface area contributed by atoms with Crippen molar-refractivity contribution in [1.82, 2.24) is 0 Å². The van der Waals surface area contributed by atoms with Gasteiger partial charge in [-0.2, -0.15) is 0 Å². The van der Waals surface area contributed by atoms with E-state index in [0.717, 1.165) is 18.6 Å². The molecule has 0 saturated carbocycles. The van der Waals surface area contributed by atoms with Gasteiger partial charge in [0.2, 0.25) is 0 Å². The van der Waals surface area contributed by atoms with Gasteiger partial charge in [0.25, 0.3) is 0 Å². The average Bonchev–Trinajstić information content (AvgIpc) is 2.10. The number of ketones is 1. The molecule has 0 saturated heterocycles. The maximum absolute atomic E-state index is 11.5. The molecule has 0 aliphatic carbocycles. The number of unbranched alkanes of at least 4 members (excludes halogenated alkanes) is 1. The fourth-order valence-electron chi connectivity index (χ4n) is 0.831. The molecule has 13 heavy (non-hydrogen) atoms. The predicted molar refractivity (Wildman–Crippen MR) is 57.2 cm³/mol. The quantitative estimate of drug-likeness (QED) is 0.488. The van der Waals surface area contributed by atoms with Crippen molar-refractivity contribution >= 4 is 17.0 Å². The Labute approximate surface area is 83.6 Å². The zero-order chi connectivity index (χ0) is 10.3. The minimum Gasteiger partial charge on any atom is -0.616 e. The van der Waals surface area contributed by atoms with E-state index in [9.17, 15) is 9.35 Å². The highest BCUT2D eigenvalue weighted by atomic mass is 32.2. The van der Waals surface area contributed by atoms with E-state index in [0.29, 0.717) is 0 Å². The van der Waals surface area contributed by atoms with Crippen molar-refractivity contribution in [1.29, 1.82) is 0 Å². The van der Waals surface area contributed by atoms with Crippen LogP contribution >= 0.6 is 0 Å². The zero-order valence-electron chi connectivity index (χ0n) is 8.58. The summed E-state index contributed by atoms with van der Waals surface area (Å²) in [5, 5.41) is -0.00421. The molecule has 0 N–H and O–H groups in total. The molecule has 3 heteroatoms.